The van der Waals surface area contributed by atoms with E-state index in [0.29, 0.717) is 11.2 Å². The third kappa shape index (κ3) is 3.43. The summed E-state index contributed by atoms with van der Waals surface area (Å²) >= 11 is 0. The van der Waals surface area contributed by atoms with Crippen LogP contribution in [0.5, 0.6) is 0 Å². The molecule has 0 atom stereocenters. The lowest BCUT2D eigenvalue weighted by molar-refractivity contribution is 0.0995. The van der Waals surface area contributed by atoms with Gasteiger partial charge in [-0.15, -0.1) is 10.2 Å². The van der Waals surface area contributed by atoms with Crippen molar-refractivity contribution in [2.75, 3.05) is 12.4 Å². The molecular formula is C17H16N4O3S. The van der Waals surface area contributed by atoms with Crippen LogP contribution in [0.3, 0.4) is 0 Å². The number of carbonyl (C=O) groups is 1. The smallest absolute Gasteiger partial charge is 0.271 e. The van der Waals surface area contributed by atoms with Crippen molar-refractivity contribution in [1.29, 1.82) is 0 Å². The second-order valence-corrected chi connectivity index (χ2v) is 6.44. The molecule has 0 radical (unpaired) electrons. The second-order valence-electron chi connectivity index (χ2n) is 5.46. The van der Waals surface area contributed by atoms with Crippen LogP contribution in [0, 0.1) is 0 Å². The average Bonchev–Trinajstić information content (AvgIpc) is 2.60. The number of primary amides is 1. The highest BCUT2D eigenvalue weighted by molar-refractivity contribution is 7.71. The molecule has 1 heterocycles. The maximum Gasteiger partial charge on any atom is 0.271 e. The van der Waals surface area contributed by atoms with Crippen molar-refractivity contribution in [3.05, 3.63) is 53.7 Å². The molecule has 25 heavy (non-hydrogen) atoms. The predicted molar refractivity (Wildman–Crippen MR) is 97.1 cm³/mol. The van der Waals surface area contributed by atoms with E-state index in [1.54, 1.807) is 19.2 Å². The summed E-state index contributed by atoms with van der Waals surface area (Å²) in [6, 6.07) is 12.9. The Labute approximate surface area is 145 Å². The Morgan fingerprint density at radius 3 is 2.36 bits per heavy atom. The summed E-state index contributed by atoms with van der Waals surface area (Å²) in [6.07, 6.45) is 0. The van der Waals surface area contributed by atoms with Gasteiger partial charge in [0, 0.05) is 12.4 Å². The molecule has 0 aliphatic carbocycles. The Bertz CT molecular complexity index is 1020. The largest absolute Gasteiger partial charge is 0.386 e. The van der Waals surface area contributed by atoms with E-state index in [9.17, 15) is 13.2 Å². The van der Waals surface area contributed by atoms with Crippen molar-refractivity contribution in [2.45, 2.75) is 5.75 Å². The van der Waals surface area contributed by atoms with Crippen molar-refractivity contribution in [3.8, 4) is 11.1 Å². The highest BCUT2D eigenvalue weighted by atomic mass is 32.2. The Morgan fingerprint density at radius 1 is 1.08 bits per heavy atom. The number of amides is 1. The second kappa shape index (κ2) is 6.86. The van der Waals surface area contributed by atoms with E-state index in [-0.39, 0.29) is 11.4 Å². The third-order valence-corrected chi connectivity index (χ3v) is 4.47. The number of anilines is 1. The first kappa shape index (κ1) is 16.8. The Balaban J connectivity index is 2.04. The van der Waals surface area contributed by atoms with Crippen LogP contribution in [-0.2, 0) is 16.5 Å². The molecule has 0 saturated carbocycles. The van der Waals surface area contributed by atoms with E-state index in [0.717, 1.165) is 22.1 Å². The number of nitrogens with zero attached hydrogens (tertiary/aromatic N) is 2. The number of aromatic nitrogens is 2. The average molecular weight is 356 g/mol. The predicted octanol–water partition coefficient (Wildman–Crippen LogP) is 1.55. The van der Waals surface area contributed by atoms with Gasteiger partial charge in [0.25, 0.3) is 5.91 Å². The van der Waals surface area contributed by atoms with Crippen LogP contribution in [-0.4, -0.2) is 31.6 Å². The van der Waals surface area contributed by atoms with Crippen LogP contribution in [0.25, 0.3) is 22.0 Å². The molecule has 8 heteroatoms. The number of carbonyl (C=O) groups excluding carboxylic acids is 1. The molecule has 0 fully saturated rings. The molecule has 3 rings (SSSR count). The van der Waals surface area contributed by atoms with Crippen LogP contribution < -0.4 is 11.1 Å². The van der Waals surface area contributed by atoms with Gasteiger partial charge in [-0.2, -0.15) is 0 Å². The summed E-state index contributed by atoms with van der Waals surface area (Å²) in [5, 5.41) is 11.7. The molecule has 0 bridgehead atoms. The quantitative estimate of drug-likeness (QED) is 0.598. The molecule has 0 unspecified atom stereocenters. The van der Waals surface area contributed by atoms with E-state index in [1.807, 2.05) is 30.3 Å². The van der Waals surface area contributed by atoms with E-state index in [2.05, 4.69) is 15.5 Å². The minimum atomic E-state index is -2.44. The molecule has 0 spiro atoms. The highest BCUT2D eigenvalue weighted by Gasteiger charge is 2.14. The van der Waals surface area contributed by atoms with Gasteiger partial charge in [0.05, 0.1) is 17.0 Å². The normalized spacial score (nSPS) is 11.0. The van der Waals surface area contributed by atoms with Crippen molar-refractivity contribution in [2.24, 2.45) is 5.73 Å². The summed E-state index contributed by atoms with van der Waals surface area (Å²) in [5.74, 6) is -0.615. The number of rotatable bonds is 5. The maximum absolute atomic E-state index is 11.5. The SMILES string of the molecule is CNc1c(C(N)=O)nnc2cc(-c3ccc(C[SH](=O)=O)cc3)ccc12. The summed E-state index contributed by atoms with van der Waals surface area (Å²) in [5.41, 5.74) is 9.17. The monoisotopic (exact) mass is 356 g/mol. The van der Waals surface area contributed by atoms with Crippen LogP contribution >= 0.6 is 0 Å². The van der Waals surface area contributed by atoms with E-state index >= 15 is 0 Å². The standard InChI is InChI=1S/C17H16N4O3S/c1-19-15-13-7-6-12(8-14(13)20-21-16(15)17(18)22)11-4-2-10(3-5-11)9-25(23)24/h2-8,25H,9H2,1H3,(H2,18,22)(H,19,20). The summed E-state index contributed by atoms with van der Waals surface area (Å²) in [7, 11) is -0.751. The number of benzene rings is 2. The van der Waals surface area contributed by atoms with Gasteiger partial charge in [-0.25, -0.2) is 8.42 Å². The third-order valence-electron chi connectivity index (χ3n) is 3.84. The molecular weight excluding hydrogens is 340 g/mol. The number of nitrogens with one attached hydrogen (secondary N) is 1. The van der Waals surface area contributed by atoms with Crippen LogP contribution in [0.4, 0.5) is 5.69 Å². The van der Waals surface area contributed by atoms with Gasteiger partial charge in [0.2, 0.25) is 0 Å². The summed E-state index contributed by atoms with van der Waals surface area (Å²) < 4.78 is 21.6. The fourth-order valence-electron chi connectivity index (χ4n) is 2.66. The van der Waals surface area contributed by atoms with Crippen molar-refractivity contribution >= 4 is 33.2 Å². The Morgan fingerprint density at radius 2 is 1.76 bits per heavy atom. The number of hydrogen-bond donors (Lipinski definition) is 3. The summed E-state index contributed by atoms with van der Waals surface area (Å²) in [6.45, 7) is 0. The molecule has 0 aliphatic heterocycles. The summed E-state index contributed by atoms with van der Waals surface area (Å²) in [4.78, 5) is 11.5. The fraction of sp³-hybridized carbons (Fsp3) is 0.118. The van der Waals surface area contributed by atoms with Crippen LogP contribution in [0.15, 0.2) is 42.5 Å². The van der Waals surface area contributed by atoms with E-state index < -0.39 is 16.6 Å². The lowest BCUT2D eigenvalue weighted by Gasteiger charge is -2.10. The van der Waals surface area contributed by atoms with Crippen LogP contribution in [0.2, 0.25) is 0 Å². The number of thiol groups is 1. The van der Waals surface area contributed by atoms with E-state index in [4.69, 9.17) is 5.73 Å². The number of nitrogens with two attached hydrogens (primary N) is 1. The Hall–Kier alpha value is -3.00. The molecule has 0 saturated heterocycles. The fourth-order valence-corrected chi connectivity index (χ4v) is 3.17. The van der Waals surface area contributed by atoms with Crippen LogP contribution in [0.1, 0.15) is 16.1 Å². The van der Waals surface area contributed by atoms with Gasteiger partial charge < -0.3 is 11.1 Å². The van der Waals surface area contributed by atoms with Gasteiger partial charge >= 0.3 is 0 Å². The molecule has 3 N–H and O–H groups in total. The molecule has 7 nitrogen and oxygen atoms in total. The number of fused-ring (bicyclic) bond motifs is 1. The molecule has 3 aromatic rings. The minimum Gasteiger partial charge on any atom is -0.386 e. The van der Waals surface area contributed by atoms with E-state index in [1.165, 1.54) is 0 Å². The lowest BCUT2D eigenvalue weighted by Crippen LogP contribution is -2.16. The van der Waals surface area contributed by atoms with Gasteiger partial charge in [0.1, 0.15) is 10.7 Å². The first-order valence-corrected chi connectivity index (χ1v) is 8.85. The molecule has 0 aliphatic rings. The van der Waals surface area contributed by atoms with Crippen molar-refractivity contribution in [1.82, 2.24) is 10.2 Å². The van der Waals surface area contributed by atoms with Gasteiger partial charge in [-0.1, -0.05) is 30.3 Å². The van der Waals surface area contributed by atoms with Gasteiger partial charge in [0.15, 0.2) is 5.69 Å². The Kier molecular flexibility index (Phi) is 4.62. The molecule has 128 valence electrons. The van der Waals surface area contributed by atoms with Crippen molar-refractivity contribution in [3.63, 3.8) is 0 Å². The highest BCUT2D eigenvalue weighted by Crippen LogP contribution is 2.28. The molecule has 1 amide bonds. The van der Waals surface area contributed by atoms with Gasteiger partial charge in [-0.3, -0.25) is 4.79 Å². The van der Waals surface area contributed by atoms with Crippen molar-refractivity contribution < 1.29 is 13.2 Å². The zero-order valence-corrected chi connectivity index (χ0v) is 14.3. The maximum atomic E-state index is 11.5. The topological polar surface area (TPSA) is 115 Å². The minimum absolute atomic E-state index is 0.0280. The lowest BCUT2D eigenvalue weighted by atomic mass is 10.0. The first-order valence-electron chi connectivity index (χ1n) is 7.48. The van der Waals surface area contributed by atoms with Gasteiger partial charge in [-0.05, 0) is 28.8 Å². The zero-order chi connectivity index (χ0) is 18.0. The molecule has 1 aromatic heterocycles. The first-order chi connectivity index (χ1) is 12.0. The zero-order valence-electron chi connectivity index (χ0n) is 13.4. The number of hydrogen-bond acceptors (Lipinski definition) is 6. The molecule has 2 aromatic carbocycles.